The highest BCUT2D eigenvalue weighted by molar-refractivity contribution is 7.88. The summed E-state index contributed by atoms with van der Waals surface area (Å²) in [6, 6.07) is 10.5. The lowest BCUT2D eigenvalue weighted by molar-refractivity contribution is -0.143. The fraction of sp³-hybridized carbons (Fsp3) is 0.708. The third-order valence-electron chi connectivity index (χ3n) is 7.35. The van der Waals surface area contributed by atoms with Crippen molar-refractivity contribution in [2.75, 3.05) is 26.0 Å². The fourth-order valence-corrected chi connectivity index (χ4v) is 6.08. The maximum atomic E-state index is 12.7. The second-order valence-electron chi connectivity index (χ2n) is 9.70. The molecule has 0 spiro atoms. The Morgan fingerprint density at radius 1 is 1.06 bits per heavy atom. The molecule has 7 heteroatoms. The van der Waals surface area contributed by atoms with Crippen molar-refractivity contribution in [1.29, 1.82) is 0 Å². The number of carbonyl (C=O) groups is 1. The van der Waals surface area contributed by atoms with Crippen LogP contribution in [0.2, 0.25) is 0 Å². The van der Waals surface area contributed by atoms with Crippen molar-refractivity contribution in [1.82, 2.24) is 9.62 Å². The van der Waals surface area contributed by atoms with Gasteiger partial charge in [0.1, 0.15) is 0 Å². The molecule has 1 N–H and O–H groups in total. The zero-order valence-electron chi connectivity index (χ0n) is 18.5. The van der Waals surface area contributed by atoms with E-state index in [2.05, 4.69) is 35.1 Å². The lowest BCUT2D eigenvalue weighted by Gasteiger charge is -2.41. The van der Waals surface area contributed by atoms with E-state index in [4.69, 9.17) is 4.74 Å². The molecule has 3 fully saturated rings. The van der Waals surface area contributed by atoms with Gasteiger partial charge in [0.05, 0.1) is 18.4 Å². The molecule has 1 aromatic carbocycles. The molecule has 172 valence electrons. The molecule has 6 nitrogen and oxygen atoms in total. The summed E-state index contributed by atoms with van der Waals surface area (Å²) in [5.74, 6) is 1.51. The Bertz CT molecular complexity index is 832. The first-order valence-corrected chi connectivity index (χ1v) is 13.7. The second kappa shape index (κ2) is 10.0. The predicted molar refractivity (Wildman–Crippen MR) is 121 cm³/mol. The largest absolute Gasteiger partial charge is 0.374 e. The molecule has 0 unspecified atom stereocenters. The number of benzene rings is 1. The molecule has 2 saturated carbocycles. The van der Waals surface area contributed by atoms with Gasteiger partial charge in [0.25, 0.3) is 0 Å². The molecule has 31 heavy (non-hydrogen) atoms. The SMILES string of the molecule is CS(=O)(=O)N[C@H]1CCN(C(=O)C2CCC2)C[C@H]1OCC1CCC(c2ccccc2)CC1. The van der Waals surface area contributed by atoms with Gasteiger partial charge in [-0.3, -0.25) is 4.79 Å². The van der Waals surface area contributed by atoms with Crippen LogP contribution in [0.3, 0.4) is 0 Å². The summed E-state index contributed by atoms with van der Waals surface area (Å²) in [6.45, 7) is 1.73. The number of nitrogens with one attached hydrogen (secondary N) is 1. The number of piperidine rings is 1. The van der Waals surface area contributed by atoms with Crippen LogP contribution in [-0.2, 0) is 19.6 Å². The summed E-state index contributed by atoms with van der Waals surface area (Å²) in [5.41, 5.74) is 1.43. The maximum absolute atomic E-state index is 12.7. The van der Waals surface area contributed by atoms with Crippen LogP contribution >= 0.6 is 0 Å². The zero-order chi connectivity index (χ0) is 21.8. The van der Waals surface area contributed by atoms with E-state index in [0.29, 0.717) is 38.0 Å². The fourth-order valence-electron chi connectivity index (χ4n) is 5.26. The van der Waals surface area contributed by atoms with Gasteiger partial charge >= 0.3 is 0 Å². The van der Waals surface area contributed by atoms with Gasteiger partial charge in [0.2, 0.25) is 15.9 Å². The Morgan fingerprint density at radius 2 is 1.77 bits per heavy atom. The summed E-state index contributed by atoms with van der Waals surface area (Å²) >= 11 is 0. The molecule has 0 radical (unpaired) electrons. The first-order valence-electron chi connectivity index (χ1n) is 11.8. The first kappa shape index (κ1) is 22.7. The van der Waals surface area contributed by atoms with Crippen LogP contribution < -0.4 is 4.72 Å². The predicted octanol–water partition coefficient (Wildman–Crippen LogP) is 3.30. The quantitative estimate of drug-likeness (QED) is 0.694. The summed E-state index contributed by atoms with van der Waals surface area (Å²) in [7, 11) is -3.32. The van der Waals surface area contributed by atoms with Crippen molar-refractivity contribution in [2.45, 2.75) is 69.4 Å². The molecule has 1 aliphatic heterocycles. The van der Waals surface area contributed by atoms with Crippen LogP contribution in [0.4, 0.5) is 0 Å². The van der Waals surface area contributed by atoms with Crippen LogP contribution in [-0.4, -0.2) is 57.3 Å². The monoisotopic (exact) mass is 448 g/mol. The molecule has 1 amide bonds. The number of nitrogens with zero attached hydrogens (tertiary/aromatic N) is 1. The molecule has 1 heterocycles. The van der Waals surface area contributed by atoms with E-state index >= 15 is 0 Å². The summed E-state index contributed by atoms with van der Waals surface area (Å²) < 4.78 is 32.8. The minimum absolute atomic E-state index is 0.160. The summed E-state index contributed by atoms with van der Waals surface area (Å²) in [5, 5.41) is 0. The number of ether oxygens (including phenoxy) is 1. The maximum Gasteiger partial charge on any atom is 0.225 e. The molecule has 0 bridgehead atoms. The van der Waals surface area contributed by atoms with Crippen molar-refractivity contribution in [3.63, 3.8) is 0 Å². The zero-order valence-corrected chi connectivity index (χ0v) is 19.4. The number of carbonyl (C=O) groups excluding carboxylic acids is 1. The van der Waals surface area contributed by atoms with Gasteiger partial charge in [-0.15, -0.1) is 0 Å². The first-order chi connectivity index (χ1) is 14.9. The number of amides is 1. The molecular formula is C24H36N2O4S. The highest BCUT2D eigenvalue weighted by atomic mass is 32.2. The van der Waals surface area contributed by atoms with E-state index in [9.17, 15) is 13.2 Å². The van der Waals surface area contributed by atoms with E-state index in [-0.39, 0.29) is 24.0 Å². The highest BCUT2D eigenvalue weighted by Gasteiger charge is 2.37. The van der Waals surface area contributed by atoms with E-state index in [1.165, 1.54) is 24.7 Å². The lowest BCUT2D eigenvalue weighted by Crippen LogP contribution is -2.57. The third kappa shape index (κ3) is 6.08. The third-order valence-corrected chi connectivity index (χ3v) is 8.09. The van der Waals surface area contributed by atoms with Crippen molar-refractivity contribution < 1.29 is 17.9 Å². The average Bonchev–Trinajstić information content (AvgIpc) is 2.72. The van der Waals surface area contributed by atoms with Gasteiger partial charge in [-0.25, -0.2) is 13.1 Å². The Balaban J connectivity index is 1.31. The smallest absolute Gasteiger partial charge is 0.225 e. The van der Waals surface area contributed by atoms with Crippen LogP contribution in [0.15, 0.2) is 30.3 Å². The molecule has 3 aliphatic rings. The van der Waals surface area contributed by atoms with E-state index in [1.54, 1.807) is 0 Å². The number of likely N-dealkylation sites (tertiary alicyclic amines) is 1. The minimum atomic E-state index is -3.32. The van der Waals surface area contributed by atoms with Gasteiger partial charge in [0, 0.05) is 25.6 Å². The number of hydrogen-bond acceptors (Lipinski definition) is 4. The molecule has 2 aliphatic carbocycles. The molecule has 1 saturated heterocycles. The van der Waals surface area contributed by atoms with Gasteiger partial charge < -0.3 is 9.64 Å². The molecular weight excluding hydrogens is 412 g/mol. The minimum Gasteiger partial charge on any atom is -0.374 e. The Labute approximate surface area is 186 Å². The number of rotatable bonds is 7. The number of sulfonamides is 1. The molecule has 2 atom stereocenters. The van der Waals surface area contributed by atoms with Crippen molar-refractivity contribution in [3.05, 3.63) is 35.9 Å². The average molecular weight is 449 g/mol. The molecule has 4 rings (SSSR count). The highest BCUT2D eigenvalue weighted by Crippen LogP contribution is 2.36. The Hall–Kier alpha value is -1.44. The summed E-state index contributed by atoms with van der Waals surface area (Å²) in [6.07, 6.45) is 9.21. The van der Waals surface area contributed by atoms with Crippen LogP contribution in [0.5, 0.6) is 0 Å². The molecule has 1 aromatic rings. The van der Waals surface area contributed by atoms with E-state index in [0.717, 1.165) is 32.1 Å². The Kier molecular flexibility index (Phi) is 7.34. The van der Waals surface area contributed by atoms with Crippen LogP contribution in [0.25, 0.3) is 0 Å². The van der Waals surface area contributed by atoms with Crippen molar-refractivity contribution in [3.8, 4) is 0 Å². The van der Waals surface area contributed by atoms with Crippen LogP contribution in [0.1, 0.15) is 62.8 Å². The number of hydrogen-bond donors (Lipinski definition) is 1. The Morgan fingerprint density at radius 3 is 2.39 bits per heavy atom. The van der Waals surface area contributed by atoms with Gasteiger partial charge in [0.15, 0.2) is 0 Å². The van der Waals surface area contributed by atoms with Crippen molar-refractivity contribution in [2.24, 2.45) is 11.8 Å². The van der Waals surface area contributed by atoms with Gasteiger partial charge in [-0.05, 0) is 62.3 Å². The standard InChI is InChI=1S/C24H36N2O4S/c1-31(28,29)25-22-14-15-26(24(27)21-8-5-9-21)16-23(22)30-17-18-10-12-20(13-11-18)19-6-3-2-4-7-19/h2-4,6-7,18,20-23,25H,5,8-17H2,1H3/t18?,20?,22-,23+/m0/s1. The van der Waals surface area contributed by atoms with Crippen molar-refractivity contribution >= 4 is 15.9 Å². The topological polar surface area (TPSA) is 75.7 Å². The van der Waals surface area contributed by atoms with Gasteiger partial charge in [-0.1, -0.05) is 36.8 Å². The molecule has 0 aromatic heterocycles. The normalized spacial score (nSPS) is 30.0. The van der Waals surface area contributed by atoms with E-state index in [1.807, 2.05) is 4.90 Å². The van der Waals surface area contributed by atoms with E-state index < -0.39 is 10.0 Å². The lowest BCUT2D eigenvalue weighted by atomic mass is 9.79. The van der Waals surface area contributed by atoms with Crippen LogP contribution in [0, 0.1) is 11.8 Å². The van der Waals surface area contributed by atoms with Gasteiger partial charge in [-0.2, -0.15) is 0 Å². The second-order valence-corrected chi connectivity index (χ2v) is 11.5. The summed E-state index contributed by atoms with van der Waals surface area (Å²) in [4.78, 5) is 14.6.